The van der Waals surface area contributed by atoms with E-state index in [9.17, 15) is 5.26 Å². The van der Waals surface area contributed by atoms with Gasteiger partial charge < -0.3 is 5.11 Å². The lowest BCUT2D eigenvalue weighted by Crippen LogP contribution is -2.04. The van der Waals surface area contributed by atoms with Crippen molar-refractivity contribution in [2.75, 3.05) is 6.61 Å². The number of hydrogen-bond donors (Lipinski definition) is 1. The number of nitrogens with zero attached hydrogens (tertiary/aromatic N) is 4. The molecule has 0 spiro atoms. The highest BCUT2D eigenvalue weighted by molar-refractivity contribution is 5.82. The first-order valence-electron chi connectivity index (χ1n) is 6.24. The molecule has 0 amide bonds. The summed E-state index contributed by atoms with van der Waals surface area (Å²) < 4.78 is 1.86. The summed E-state index contributed by atoms with van der Waals surface area (Å²) in [6.07, 6.45) is 3.73. The normalized spacial score (nSPS) is 13.8. The Balaban J connectivity index is 2.20. The predicted molar refractivity (Wildman–Crippen MR) is 66.0 cm³/mol. The third kappa shape index (κ3) is 1.57. The number of hydrogen-bond acceptors (Lipinski definition) is 4. The Morgan fingerprint density at radius 3 is 3.00 bits per heavy atom. The summed E-state index contributed by atoms with van der Waals surface area (Å²) in [5.74, 6) is 0. The monoisotopic (exact) mass is 242 g/mol. The second kappa shape index (κ2) is 4.39. The SMILES string of the molecule is N#Cc1cc2nnn(CCCO)c2c2c1CCC2. The van der Waals surface area contributed by atoms with Crippen LogP contribution in [0.2, 0.25) is 0 Å². The van der Waals surface area contributed by atoms with Crippen LogP contribution < -0.4 is 0 Å². The molecule has 0 atom stereocenters. The molecule has 0 saturated carbocycles. The topological polar surface area (TPSA) is 74.7 Å². The van der Waals surface area contributed by atoms with E-state index >= 15 is 0 Å². The summed E-state index contributed by atoms with van der Waals surface area (Å²) >= 11 is 0. The quantitative estimate of drug-likeness (QED) is 0.876. The molecule has 1 aliphatic carbocycles. The maximum Gasteiger partial charge on any atom is 0.114 e. The molecule has 92 valence electrons. The molecule has 5 nitrogen and oxygen atoms in total. The van der Waals surface area contributed by atoms with Crippen LogP contribution in [0, 0.1) is 11.3 Å². The van der Waals surface area contributed by atoms with E-state index in [0.29, 0.717) is 13.0 Å². The van der Waals surface area contributed by atoms with Gasteiger partial charge in [0.05, 0.1) is 17.1 Å². The van der Waals surface area contributed by atoms with Crippen LogP contribution >= 0.6 is 0 Å². The number of aromatic nitrogens is 3. The molecule has 5 heteroatoms. The number of aliphatic hydroxyl groups is 1. The third-order valence-corrected chi connectivity index (χ3v) is 3.52. The maximum atomic E-state index is 9.17. The molecule has 0 fully saturated rings. The fourth-order valence-corrected chi connectivity index (χ4v) is 2.74. The Hall–Kier alpha value is -1.93. The zero-order valence-corrected chi connectivity index (χ0v) is 10.1. The molecule has 1 aromatic heterocycles. The number of nitriles is 1. The molecule has 18 heavy (non-hydrogen) atoms. The molecule has 1 aliphatic rings. The molecule has 0 radical (unpaired) electrons. The van der Waals surface area contributed by atoms with Gasteiger partial charge in [0, 0.05) is 13.2 Å². The molecule has 0 saturated heterocycles. The van der Waals surface area contributed by atoms with E-state index in [1.807, 2.05) is 10.7 Å². The first kappa shape index (κ1) is 11.2. The fraction of sp³-hybridized carbons (Fsp3) is 0.462. The van der Waals surface area contributed by atoms with Gasteiger partial charge in [-0.15, -0.1) is 5.10 Å². The number of aryl methyl sites for hydroxylation is 2. The zero-order chi connectivity index (χ0) is 12.5. The average Bonchev–Trinajstić information content (AvgIpc) is 3.01. The van der Waals surface area contributed by atoms with E-state index in [-0.39, 0.29) is 6.61 Å². The van der Waals surface area contributed by atoms with Gasteiger partial charge in [0.15, 0.2) is 0 Å². The summed E-state index contributed by atoms with van der Waals surface area (Å²) in [6, 6.07) is 4.09. The fourth-order valence-electron chi connectivity index (χ4n) is 2.74. The van der Waals surface area contributed by atoms with Gasteiger partial charge in [-0.3, -0.25) is 0 Å². The largest absolute Gasteiger partial charge is 0.396 e. The van der Waals surface area contributed by atoms with Crippen LogP contribution in [0.4, 0.5) is 0 Å². The molecular formula is C13H14N4O. The van der Waals surface area contributed by atoms with Crippen LogP contribution in [-0.4, -0.2) is 26.7 Å². The lowest BCUT2D eigenvalue weighted by atomic mass is 10.0. The summed E-state index contributed by atoms with van der Waals surface area (Å²) in [5, 5.41) is 26.3. The number of benzene rings is 1. The van der Waals surface area contributed by atoms with Gasteiger partial charge in [-0.1, -0.05) is 5.21 Å². The van der Waals surface area contributed by atoms with Crippen LogP contribution in [0.25, 0.3) is 11.0 Å². The van der Waals surface area contributed by atoms with Crippen molar-refractivity contribution in [3.05, 3.63) is 22.8 Å². The second-order valence-corrected chi connectivity index (χ2v) is 4.60. The van der Waals surface area contributed by atoms with Crippen molar-refractivity contribution in [1.82, 2.24) is 15.0 Å². The molecule has 1 aromatic carbocycles. The molecular weight excluding hydrogens is 228 g/mol. The molecule has 2 aromatic rings. The van der Waals surface area contributed by atoms with Crippen LogP contribution in [0.15, 0.2) is 6.07 Å². The standard InChI is InChI=1S/C13H14N4O/c14-8-9-7-12-13(11-4-1-3-10(9)11)17(16-15-12)5-2-6-18/h7,18H,1-6H2. The van der Waals surface area contributed by atoms with E-state index in [0.717, 1.165) is 41.4 Å². The summed E-state index contributed by atoms with van der Waals surface area (Å²) in [5.41, 5.74) is 4.98. The lowest BCUT2D eigenvalue weighted by Gasteiger charge is -2.06. The lowest BCUT2D eigenvalue weighted by molar-refractivity contribution is 0.277. The maximum absolute atomic E-state index is 9.17. The van der Waals surface area contributed by atoms with Gasteiger partial charge in [-0.05, 0) is 42.9 Å². The number of aliphatic hydroxyl groups excluding tert-OH is 1. The minimum atomic E-state index is 0.153. The first-order valence-corrected chi connectivity index (χ1v) is 6.24. The van der Waals surface area contributed by atoms with Gasteiger partial charge in [0.25, 0.3) is 0 Å². The third-order valence-electron chi connectivity index (χ3n) is 3.52. The average molecular weight is 242 g/mol. The van der Waals surface area contributed by atoms with Crippen molar-refractivity contribution in [3.63, 3.8) is 0 Å². The van der Waals surface area contributed by atoms with Gasteiger partial charge in [0.2, 0.25) is 0 Å². The predicted octanol–water partition coefficient (Wildman–Crippen LogP) is 1.17. The highest BCUT2D eigenvalue weighted by Gasteiger charge is 2.21. The number of rotatable bonds is 3. The minimum Gasteiger partial charge on any atom is -0.396 e. The summed E-state index contributed by atoms with van der Waals surface area (Å²) in [4.78, 5) is 0. The Morgan fingerprint density at radius 1 is 1.39 bits per heavy atom. The Bertz CT molecular complexity index is 638. The molecule has 1 N–H and O–H groups in total. The Labute approximate surface area is 105 Å². The van der Waals surface area contributed by atoms with Crippen LogP contribution in [0.5, 0.6) is 0 Å². The van der Waals surface area contributed by atoms with Crippen molar-refractivity contribution in [2.24, 2.45) is 0 Å². The number of fused-ring (bicyclic) bond motifs is 3. The highest BCUT2D eigenvalue weighted by atomic mass is 16.3. The minimum absolute atomic E-state index is 0.153. The van der Waals surface area contributed by atoms with E-state index < -0.39 is 0 Å². The van der Waals surface area contributed by atoms with E-state index in [2.05, 4.69) is 16.4 Å². The van der Waals surface area contributed by atoms with Gasteiger partial charge >= 0.3 is 0 Å². The van der Waals surface area contributed by atoms with E-state index in [4.69, 9.17) is 5.11 Å². The Kier molecular flexibility index (Phi) is 2.73. The molecule has 0 aliphatic heterocycles. The molecule has 3 rings (SSSR count). The van der Waals surface area contributed by atoms with Gasteiger partial charge in [0.1, 0.15) is 5.52 Å². The van der Waals surface area contributed by atoms with Crippen molar-refractivity contribution in [1.29, 1.82) is 5.26 Å². The molecule has 1 heterocycles. The summed E-state index contributed by atoms with van der Waals surface area (Å²) in [6.45, 7) is 0.825. The molecule has 0 bridgehead atoms. The van der Waals surface area contributed by atoms with Crippen LogP contribution in [0.3, 0.4) is 0 Å². The van der Waals surface area contributed by atoms with Gasteiger partial charge in [-0.2, -0.15) is 5.26 Å². The molecule has 0 unspecified atom stereocenters. The first-order chi connectivity index (χ1) is 8.85. The summed E-state index contributed by atoms with van der Waals surface area (Å²) in [7, 11) is 0. The van der Waals surface area contributed by atoms with Crippen LogP contribution in [0.1, 0.15) is 29.5 Å². The van der Waals surface area contributed by atoms with Crippen molar-refractivity contribution < 1.29 is 5.11 Å². The zero-order valence-electron chi connectivity index (χ0n) is 10.1. The second-order valence-electron chi connectivity index (χ2n) is 4.60. The van der Waals surface area contributed by atoms with Crippen molar-refractivity contribution in [2.45, 2.75) is 32.2 Å². The highest BCUT2D eigenvalue weighted by Crippen LogP contribution is 2.31. The van der Waals surface area contributed by atoms with E-state index in [1.165, 1.54) is 5.56 Å². The van der Waals surface area contributed by atoms with Crippen LogP contribution in [-0.2, 0) is 19.4 Å². The smallest absolute Gasteiger partial charge is 0.114 e. The van der Waals surface area contributed by atoms with Gasteiger partial charge in [-0.25, -0.2) is 4.68 Å². The van der Waals surface area contributed by atoms with E-state index in [1.54, 1.807) is 0 Å². The van der Waals surface area contributed by atoms with Crippen molar-refractivity contribution >= 4 is 11.0 Å². The van der Waals surface area contributed by atoms with Crippen molar-refractivity contribution in [3.8, 4) is 6.07 Å². The Morgan fingerprint density at radius 2 is 2.22 bits per heavy atom.